The number of hydrogen-bond acceptors (Lipinski definition) is 2. The third kappa shape index (κ3) is 6.76. The van der Waals surface area contributed by atoms with Gasteiger partial charge in [-0.1, -0.05) is 48.0 Å². The van der Waals surface area contributed by atoms with Crippen molar-refractivity contribution in [3.8, 4) is 0 Å². The Labute approximate surface area is 120 Å². The molecule has 1 aliphatic carbocycles. The SMILES string of the molecule is CCCC(CNC(C)C)OC1CC(C)CC(C)(C)C1. The summed E-state index contributed by atoms with van der Waals surface area (Å²) in [5.74, 6) is 0.800. The van der Waals surface area contributed by atoms with E-state index >= 15 is 0 Å². The highest BCUT2D eigenvalue weighted by Gasteiger charge is 2.33. The van der Waals surface area contributed by atoms with E-state index < -0.39 is 0 Å². The molecule has 0 aliphatic heterocycles. The molecule has 114 valence electrons. The van der Waals surface area contributed by atoms with Gasteiger partial charge in [0.05, 0.1) is 12.2 Å². The first-order valence-electron chi connectivity index (χ1n) is 8.21. The molecule has 0 aromatic rings. The minimum Gasteiger partial charge on any atom is -0.374 e. The van der Waals surface area contributed by atoms with Crippen molar-refractivity contribution in [2.75, 3.05) is 6.54 Å². The van der Waals surface area contributed by atoms with Gasteiger partial charge in [-0.25, -0.2) is 0 Å². The second kappa shape index (κ2) is 7.64. The van der Waals surface area contributed by atoms with Gasteiger partial charge in [-0.3, -0.25) is 0 Å². The molecule has 1 saturated carbocycles. The molecule has 2 heteroatoms. The van der Waals surface area contributed by atoms with Crippen LogP contribution >= 0.6 is 0 Å². The van der Waals surface area contributed by atoms with Crippen LogP contribution in [0.1, 0.15) is 73.6 Å². The van der Waals surface area contributed by atoms with Crippen molar-refractivity contribution in [2.24, 2.45) is 11.3 Å². The summed E-state index contributed by atoms with van der Waals surface area (Å²) in [6.07, 6.45) is 7.03. The van der Waals surface area contributed by atoms with Crippen LogP contribution in [-0.4, -0.2) is 24.8 Å². The highest BCUT2D eigenvalue weighted by atomic mass is 16.5. The van der Waals surface area contributed by atoms with Gasteiger partial charge in [0.15, 0.2) is 0 Å². The van der Waals surface area contributed by atoms with Crippen LogP contribution in [0.25, 0.3) is 0 Å². The van der Waals surface area contributed by atoms with E-state index in [0.29, 0.717) is 23.7 Å². The number of rotatable bonds is 7. The molecule has 3 unspecified atom stereocenters. The molecule has 1 N–H and O–H groups in total. The summed E-state index contributed by atoms with van der Waals surface area (Å²) in [6, 6.07) is 0.546. The van der Waals surface area contributed by atoms with Crippen molar-refractivity contribution in [2.45, 2.75) is 91.9 Å². The molecule has 0 bridgehead atoms. The van der Waals surface area contributed by atoms with E-state index in [1.807, 2.05) is 0 Å². The third-order valence-corrected chi connectivity index (χ3v) is 4.10. The molecule has 3 atom stereocenters. The topological polar surface area (TPSA) is 21.3 Å². The normalized spacial score (nSPS) is 28.6. The van der Waals surface area contributed by atoms with E-state index in [-0.39, 0.29) is 0 Å². The summed E-state index contributed by atoms with van der Waals surface area (Å²) in [4.78, 5) is 0. The van der Waals surface area contributed by atoms with Gasteiger partial charge in [0.25, 0.3) is 0 Å². The van der Waals surface area contributed by atoms with Crippen molar-refractivity contribution < 1.29 is 4.74 Å². The average molecular weight is 269 g/mol. The summed E-state index contributed by atoms with van der Waals surface area (Å²) in [7, 11) is 0. The molecule has 1 aliphatic rings. The highest BCUT2D eigenvalue weighted by molar-refractivity contribution is 4.84. The fourth-order valence-electron chi connectivity index (χ4n) is 3.54. The smallest absolute Gasteiger partial charge is 0.0703 e. The summed E-state index contributed by atoms with van der Waals surface area (Å²) in [6.45, 7) is 14.8. The van der Waals surface area contributed by atoms with E-state index in [1.165, 1.54) is 32.1 Å². The summed E-state index contributed by atoms with van der Waals surface area (Å²) in [5.41, 5.74) is 0.449. The van der Waals surface area contributed by atoms with Crippen LogP contribution in [0, 0.1) is 11.3 Å². The van der Waals surface area contributed by atoms with Gasteiger partial charge in [0.1, 0.15) is 0 Å². The van der Waals surface area contributed by atoms with E-state index in [1.54, 1.807) is 0 Å². The van der Waals surface area contributed by atoms with Crippen LogP contribution < -0.4 is 5.32 Å². The Hall–Kier alpha value is -0.0800. The van der Waals surface area contributed by atoms with Crippen LogP contribution in [0.2, 0.25) is 0 Å². The zero-order valence-electron chi connectivity index (χ0n) is 14.0. The van der Waals surface area contributed by atoms with Crippen molar-refractivity contribution >= 4 is 0 Å². The highest BCUT2D eigenvalue weighted by Crippen LogP contribution is 2.40. The first-order valence-corrected chi connectivity index (χ1v) is 8.21. The minimum absolute atomic E-state index is 0.387. The zero-order chi connectivity index (χ0) is 14.5. The molecule has 0 spiro atoms. The third-order valence-electron chi connectivity index (χ3n) is 4.10. The number of hydrogen-bond donors (Lipinski definition) is 1. The number of ether oxygens (including phenoxy) is 1. The van der Waals surface area contributed by atoms with E-state index in [4.69, 9.17) is 4.74 Å². The fourth-order valence-corrected chi connectivity index (χ4v) is 3.54. The Morgan fingerprint density at radius 3 is 2.47 bits per heavy atom. The van der Waals surface area contributed by atoms with Crippen molar-refractivity contribution in [1.82, 2.24) is 5.32 Å². The lowest BCUT2D eigenvalue weighted by molar-refractivity contribution is -0.0674. The standard InChI is InChI=1S/C17H35NO/c1-7-8-15(12-18-13(2)3)19-16-9-14(4)10-17(5,6)11-16/h13-16,18H,7-12H2,1-6H3. The maximum Gasteiger partial charge on any atom is 0.0703 e. The maximum absolute atomic E-state index is 6.43. The van der Waals surface area contributed by atoms with Crippen LogP contribution in [0.4, 0.5) is 0 Å². The van der Waals surface area contributed by atoms with Crippen molar-refractivity contribution in [3.05, 3.63) is 0 Å². The Bertz CT molecular complexity index is 250. The molecule has 1 rings (SSSR count). The van der Waals surface area contributed by atoms with Crippen LogP contribution in [0.5, 0.6) is 0 Å². The Morgan fingerprint density at radius 1 is 1.26 bits per heavy atom. The molecular weight excluding hydrogens is 234 g/mol. The predicted molar refractivity (Wildman–Crippen MR) is 83.5 cm³/mol. The maximum atomic E-state index is 6.43. The predicted octanol–water partition coefficient (Wildman–Crippen LogP) is 4.38. The van der Waals surface area contributed by atoms with E-state index in [9.17, 15) is 0 Å². The largest absolute Gasteiger partial charge is 0.374 e. The molecule has 1 fully saturated rings. The van der Waals surface area contributed by atoms with Crippen LogP contribution in [-0.2, 0) is 4.74 Å². The lowest BCUT2D eigenvalue weighted by atomic mass is 9.71. The lowest BCUT2D eigenvalue weighted by Crippen LogP contribution is -2.39. The van der Waals surface area contributed by atoms with Crippen molar-refractivity contribution in [1.29, 1.82) is 0 Å². The summed E-state index contributed by atoms with van der Waals surface area (Å²) >= 11 is 0. The molecular formula is C17H35NO. The molecule has 0 heterocycles. The van der Waals surface area contributed by atoms with Crippen molar-refractivity contribution in [3.63, 3.8) is 0 Å². The van der Waals surface area contributed by atoms with Crippen LogP contribution in [0.15, 0.2) is 0 Å². The first-order chi connectivity index (χ1) is 8.82. The van der Waals surface area contributed by atoms with Gasteiger partial charge >= 0.3 is 0 Å². The Morgan fingerprint density at radius 2 is 1.95 bits per heavy atom. The molecule has 0 radical (unpaired) electrons. The lowest BCUT2D eigenvalue weighted by Gasteiger charge is -2.40. The molecule has 0 aromatic heterocycles. The van der Waals surface area contributed by atoms with Gasteiger partial charge in [-0.15, -0.1) is 0 Å². The Balaban J connectivity index is 2.47. The number of nitrogens with one attached hydrogen (secondary N) is 1. The molecule has 0 aromatic carbocycles. The average Bonchev–Trinajstić information content (AvgIpc) is 2.23. The quantitative estimate of drug-likeness (QED) is 0.740. The second-order valence-electron chi connectivity index (χ2n) is 7.65. The molecule has 2 nitrogen and oxygen atoms in total. The zero-order valence-corrected chi connectivity index (χ0v) is 14.0. The summed E-state index contributed by atoms with van der Waals surface area (Å²) in [5, 5.41) is 3.53. The fraction of sp³-hybridized carbons (Fsp3) is 1.00. The van der Waals surface area contributed by atoms with Gasteiger partial charge in [0, 0.05) is 12.6 Å². The van der Waals surface area contributed by atoms with Gasteiger partial charge in [-0.2, -0.15) is 0 Å². The first kappa shape index (κ1) is 17.0. The summed E-state index contributed by atoms with van der Waals surface area (Å²) < 4.78 is 6.43. The molecule has 0 saturated heterocycles. The monoisotopic (exact) mass is 269 g/mol. The van der Waals surface area contributed by atoms with E-state index in [0.717, 1.165) is 12.5 Å². The van der Waals surface area contributed by atoms with Gasteiger partial charge in [0.2, 0.25) is 0 Å². The van der Waals surface area contributed by atoms with Gasteiger partial charge < -0.3 is 10.1 Å². The second-order valence-corrected chi connectivity index (χ2v) is 7.65. The van der Waals surface area contributed by atoms with Gasteiger partial charge in [-0.05, 0) is 37.0 Å². The minimum atomic E-state index is 0.387. The molecule has 0 amide bonds. The Kier molecular flexibility index (Phi) is 6.82. The molecule has 19 heavy (non-hydrogen) atoms. The van der Waals surface area contributed by atoms with E-state index in [2.05, 4.69) is 46.9 Å². The van der Waals surface area contributed by atoms with Crippen LogP contribution in [0.3, 0.4) is 0 Å².